The molecule has 1 aliphatic rings. The Labute approximate surface area is 107 Å². The lowest BCUT2D eigenvalue weighted by molar-refractivity contribution is -0.384. The highest BCUT2D eigenvalue weighted by Gasteiger charge is 2.24. The van der Waals surface area contributed by atoms with Gasteiger partial charge in [-0.05, 0) is 25.0 Å². The molecule has 5 nitrogen and oxygen atoms in total. The zero-order valence-electron chi connectivity index (χ0n) is 9.17. The van der Waals surface area contributed by atoms with E-state index in [9.17, 15) is 15.2 Å². The number of nitrogens with zero attached hydrogens (tertiary/aromatic N) is 2. The zero-order chi connectivity index (χ0) is 12.4. The Hall–Kier alpha value is -1.14. The molecule has 2 rings (SSSR count). The van der Waals surface area contributed by atoms with Crippen molar-refractivity contribution >= 4 is 27.3 Å². The van der Waals surface area contributed by atoms with Crippen molar-refractivity contribution in [2.75, 3.05) is 18.0 Å². The second-order valence-corrected chi connectivity index (χ2v) is 5.05. The standard InChI is InChI=1S/C11H13BrN2O3/c12-8-3-4-10(11(6-8)14(16)17)13-5-1-2-9(15)7-13/h3-4,6,9,15H,1-2,5,7H2. The summed E-state index contributed by atoms with van der Waals surface area (Å²) in [6.45, 7) is 1.21. The van der Waals surface area contributed by atoms with Crippen molar-refractivity contribution in [1.82, 2.24) is 0 Å². The van der Waals surface area contributed by atoms with E-state index in [1.165, 1.54) is 6.07 Å². The summed E-state index contributed by atoms with van der Waals surface area (Å²) in [5, 5.41) is 20.6. The summed E-state index contributed by atoms with van der Waals surface area (Å²) in [6, 6.07) is 5.00. The first-order valence-corrected chi connectivity index (χ1v) is 6.24. The zero-order valence-corrected chi connectivity index (χ0v) is 10.8. The Morgan fingerprint density at radius 3 is 2.94 bits per heavy atom. The minimum Gasteiger partial charge on any atom is -0.391 e. The SMILES string of the molecule is O=[N+]([O-])c1cc(Br)ccc1N1CCCC(O)C1. The number of nitro groups is 1. The van der Waals surface area contributed by atoms with Crippen LogP contribution in [0, 0.1) is 10.1 Å². The monoisotopic (exact) mass is 300 g/mol. The van der Waals surface area contributed by atoms with Gasteiger partial charge in [0.25, 0.3) is 5.69 Å². The summed E-state index contributed by atoms with van der Waals surface area (Å²) in [7, 11) is 0. The van der Waals surface area contributed by atoms with Gasteiger partial charge in [-0.3, -0.25) is 10.1 Å². The molecular formula is C11H13BrN2O3. The van der Waals surface area contributed by atoms with Crippen molar-refractivity contribution in [3.63, 3.8) is 0 Å². The minimum absolute atomic E-state index is 0.0773. The third kappa shape index (κ3) is 2.76. The lowest BCUT2D eigenvalue weighted by Crippen LogP contribution is -2.38. The number of nitro benzene ring substituents is 1. The highest BCUT2D eigenvalue weighted by Crippen LogP contribution is 2.32. The van der Waals surface area contributed by atoms with Crippen LogP contribution in [0.5, 0.6) is 0 Å². The van der Waals surface area contributed by atoms with Crippen molar-refractivity contribution in [2.24, 2.45) is 0 Å². The van der Waals surface area contributed by atoms with Gasteiger partial charge >= 0.3 is 0 Å². The van der Waals surface area contributed by atoms with E-state index in [-0.39, 0.29) is 10.6 Å². The molecule has 0 radical (unpaired) electrons. The Morgan fingerprint density at radius 1 is 1.53 bits per heavy atom. The molecule has 1 N–H and O–H groups in total. The van der Waals surface area contributed by atoms with E-state index in [1.807, 2.05) is 4.90 Å². The quantitative estimate of drug-likeness (QED) is 0.672. The van der Waals surface area contributed by atoms with Crippen molar-refractivity contribution < 1.29 is 10.0 Å². The number of aliphatic hydroxyl groups is 1. The number of aliphatic hydroxyl groups excluding tert-OH is 1. The van der Waals surface area contributed by atoms with Gasteiger partial charge in [0.05, 0.1) is 11.0 Å². The number of piperidine rings is 1. The van der Waals surface area contributed by atoms with E-state index < -0.39 is 6.10 Å². The van der Waals surface area contributed by atoms with Gasteiger partial charge in [0.15, 0.2) is 0 Å². The molecule has 1 aromatic carbocycles. The van der Waals surface area contributed by atoms with E-state index in [2.05, 4.69) is 15.9 Å². The molecule has 1 aromatic rings. The number of halogens is 1. The van der Waals surface area contributed by atoms with Crippen molar-refractivity contribution in [2.45, 2.75) is 18.9 Å². The van der Waals surface area contributed by atoms with Crippen LogP contribution in [-0.4, -0.2) is 29.2 Å². The average molecular weight is 301 g/mol. The van der Waals surface area contributed by atoms with Crippen LogP contribution in [-0.2, 0) is 0 Å². The Bertz CT molecular complexity index is 439. The van der Waals surface area contributed by atoms with E-state index in [4.69, 9.17) is 0 Å². The predicted octanol–water partition coefficient (Wildman–Crippen LogP) is 2.32. The van der Waals surface area contributed by atoms with Crippen molar-refractivity contribution in [3.05, 3.63) is 32.8 Å². The molecule has 0 aliphatic carbocycles. The Kier molecular flexibility index (Phi) is 3.63. The number of benzene rings is 1. The summed E-state index contributed by atoms with van der Waals surface area (Å²) >= 11 is 3.23. The molecule has 1 heterocycles. The van der Waals surface area contributed by atoms with Gasteiger partial charge < -0.3 is 10.0 Å². The Morgan fingerprint density at radius 2 is 2.29 bits per heavy atom. The first-order valence-electron chi connectivity index (χ1n) is 5.45. The van der Waals surface area contributed by atoms with E-state index in [1.54, 1.807) is 12.1 Å². The molecule has 0 bridgehead atoms. The molecule has 6 heteroatoms. The maximum absolute atomic E-state index is 11.0. The molecule has 17 heavy (non-hydrogen) atoms. The third-order valence-corrected chi connectivity index (χ3v) is 3.36. The summed E-state index contributed by atoms with van der Waals surface area (Å²) in [6.07, 6.45) is 1.22. The van der Waals surface area contributed by atoms with Gasteiger partial charge in [-0.25, -0.2) is 0 Å². The third-order valence-electron chi connectivity index (χ3n) is 2.87. The minimum atomic E-state index is -0.396. The van der Waals surface area contributed by atoms with Crippen LogP contribution in [0.15, 0.2) is 22.7 Å². The van der Waals surface area contributed by atoms with Gasteiger partial charge in [-0.1, -0.05) is 15.9 Å². The number of hydrogen-bond donors (Lipinski definition) is 1. The van der Waals surface area contributed by atoms with Gasteiger partial charge in [0.2, 0.25) is 0 Å². The number of β-amino-alcohol motifs (C(OH)–C–C–N with tert-alkyl or cyclic N) is 1. The lowest BCUT2D eigenvalue weighted by Gasteiger charge is -2.31. The topological polar surface area (TPSA) is 66.6 Å². The molecule has 92 valence electrons. The summed E-state index contributed by atoms with van der Waals surface area (Å²) in [4.78, 5) is 12.5. The first kappa shape index (κ1) is 12.3. The highest BCUT2D eigenvalue weighted by atomic mass is 79.9. The summed E-state index contributed by atoms with van der Waals surface area (Å²) < 4.78 is 0.686. The van der Waals surface area contributed by atoms with Crippen molar-refractivity contribution in [3.8, 4) is 0 Å². The Balaban J connectivity index is 2.33. The molecule has 1 fully saturated rings. The lowest BCUT2D eigenvalue weighted by atomic mass is 10.1. The summed E-state index contributed by atoms with van der Waals surface area (Å²) in [5.74, 6) is 0. The largest absolute Gasteiger partial charge is 0.391 e. The smallest absolute Gasteiger partial charge is 0.293 e. The maximum Gasteiger partial charge on any atom is 0.293 e. The number of anilines is 1. The van der Waals surface area contributed by atoms with E-state index in [0.29, 0.717) is 16.7 Å². The van der Waals surface area contributed by atoms with Crippen LogP contribution >= 0.6 is 15.9 Å². The van der Waals surface area contributed by atoms with Gasteiger partial charge in [-0.15, -0.1) is 0 Å². The normalized spacial score (nSPS) is 20.4. The maximum atomic E-state index is 11.0. The highest BCUT2D eigenvalue weighted by molar-refractivity contribution is 9.10. The molecule has 1 saturated heterocycles. The molecule has 1 atom stereocenters. The van der Waals surface area contributed by atoms with Gasteiger partial charge in [0.1, 0.15) is 5.69 Å². The molecule has 0 spiro atoms. The summed E-state index contributed by atoms with van der Waals surface area (Å²) in [5.41, 5.74) is 0.658. The van der Waals surface area contributed by atoms with Crippen LogP contribution in [0.25, 0.3) is 0 Å². The van der Waals surface area contributed by atoms with Crippen LogP contribution in [0.2, 0.25) is 0 Å². The molecular weight excluding hydrogens is 288 g/mol. The molecule has 1 aliphatic heterocycles. The molecule has 0 amide bonds. The van der Waals surface area contributed by atoms with Crippen LogP contribution in [0.4, 0.5) is 11.4 Å². The second-order valence-electron chi connectivity index (χ2n) is 4.13. The van der Waals surface area contributed by atoms with Crippen LogP contribution in [0.1, 0.15) is 12.8 Å². The fourth-order valence-corrected chi connectivity index (χ4v) is 2.43. The van der Waals surface area contributed by atoms with Gasteiger partial charge in [-0.2, -0.15) is 0 Å². The number of rotatable bonds is 2. The van der Waals surface area contributed by atoms with E-state index >= 15 is 0 Å². The molecule has 0 aromatic heterocycles. The van der Waals surface area contributed by atoms with Crippen molar-refractivity contribution in [1.29, 1.82) is 0 Å². The molecule has 1 unspecified atom stereocenters. The van der Waals surface area contributed by atoms with E-state index in [0.717, 1.165) is 19.4 Å². The van der Waals surface area contributed by atoms with Crippen LogP contribution < -0.4 is 4.90 Å². The number of hydrogen-bond acceptors (Lipinski definition) is 4. The first-order chi connectivity index (χ1) is 8.08. The van der Waals surface area contributed by atoms with Gasteiger partial charge in [0, 0.05) is 23.6 Å². The fourth-order valence-electron chi connectivity index (χ4n) is 2.08. The van der Waals surface area contributed by atoms with Crippen LogP contribution in [0.3, 0.4) is 0 Å². The predicted molar refractivity (Wildman–Crippen MR) is 68.3 cm³/mol. The molecule has 0 saturated carbocycles. The second kappa shape index (κ2) is 5.01. The average Bonchev–Trinajstić information content (AvgIpc) is 2.28. The fraction of sp³-hybridized carbons (Fsp3) is 0.455.